The lowest BCUT2D eigenvalue weighted by Gasteiger charge is -2.14. The van der Waals surface area contributed by atoms with Crippen molar-refractivity contribution < 1.29 is 4.79 Å². The molecule has 0 spiro atoms. The summed E-state index contributed by atoms with van der Waals surface area (Å²) in [7, 11) is 0. The Bertz CT molecular complexity index is 350. The Morgan fingerprint density at radius 2 is 2.57 bits per heavy atom. The number of hydrogen-bond acceptors (Lipinski definition) is 4. The van der Waals surface area contributed by atoms with Crippen LogP contribution in [0.25, 0.3) is 0 Å². The van der Waals surface area contributed by atoms with Crippen LogP contribution in [0, 0.1) is 6.92 Å². The van der Waals surface area contributed by atoms with Gasteiger partial charge in [-0.3, -0.25) is 4.79 Å². The lowest BCUT2D eigenvalue weighted by Crippen LogP contribution is -2.31. The normalized spacial score (nSPS) is 21.6. The molecule has 2 heterocycles. The van der Waals surface area contributed by atoms with Crippen LogP contribution >= 0.6 is 11.3 Å². The third-order valence-corrected chi connectivity index (χ3v) is 3.37. The minimum atomic E-state index is 0.0814. The highest BCUT2D eigenvalue weighted by molar-refractivity contribution is 7.11. The van der Waals surface area contributed by atoms with E-state index in [0.717, 1.165) is 23.5 Å². The average molecular weight is 211 g/mol. The highest BCUT2D eigenvalue weighted by Gasteiger charge is 2.26. The molecule has 1 fully saturated rings. The molecule has 1 aliphatic heterocycles. The van der Waals surface area contributed by atoms with Crippen molar-refractivity contribution >= 4 is 17.2 Å². The van der Waals surface area contributed by atoms with Gasteiger partial charge in [0.05, 0.1) is 11.2 Å². The first kappa shape index (κ1) is 9.61. The summed E-state index contributed by atoms with van der Waals surface area (Å²) in [5, 5.41) is 0. The summed E-state index contributed by atoms with van der Waals surface area (Å²) in [6.07, 6.45) is 0.906. The Morgan fingerprint density at radius 3 is 3.07 bits per heavy atom. The molecule has 1 atom stereocenters. The van der Waals surface area contributed by atoms with Crippen LogP contribution < -0.4 is 5.73 Å². The average Bonchev–Trinajstić information content (AvgIpc) is 2.73. The van der Waals surface area contributed by atoms with Crippen molar-refractivity contribution in [3.05, 3.63) is 16.1 Å². The molecule has 2 N–H and O–H groups in total. The third-order valence-electron chi connectivity index (χ3n) is 2.45. The van der Waals surface area contributed by atoms with Crippen molar-refractivity contribution in [1.82, 2.24) is 9.88 Å². The van der Waals surface area contributed by atoms with Crippen LogP contribution in [0.1, 0.15) is 21.8 Å². The monoisotopic (exact) mass is 211 g/mol. The lowest BCUT2D eigenvalue weighted by molar-refractivity contribution is 0.0794. The Morgan fingerprint density at radius 1 is 1.79 bits per heavy atom. The zero-order valence-corrected chi connectivity index (χ0v) is 8.88. The number of carbonyl (C=O) groups excluding carboxylic acids is 1. The van der Waals surface area contributed by atoms with Crippen molar-refractivity contribution in [3.8, 4) is 0 Å². The maximum atomic E-state index is 11.9. The van der Waals surface area contributed by atoms with Crippen LogP contribution in [0.2, 0.25) is 0 Å². The standard InChI is InChI=1S/C9H13N3OS/c1-6-8(14-5-11-6)9(13)12-3-2-7(10)4-12/h5,7H,2-4,10H2,1H3. The van der Waals surface area contributed by atoms with Crippen LogP contribution in [-0.4, -0.2) is 34.9 Å². The van der Waals surface area contributed by atoms with E-state index in [1.165, 1.54) is 11.3 Å². The number of amides is 1. The largest absolute Gasteiger partial charge is 0.336 e. The van der Waals surface area contributed by atoms with E-state index in [0.29, 0.717) is 6.54 Å². The highest BCUT2D eigenvalue weighted by Crippen LogP contribution is 2.18. The summed E-state index contributed by atoms with van der Waals surface area (Å²) in [6.45, 7) is 3.31. The first-order valence-corrected chi connectivity index (χ1v) is 5.51. The van der Waals surface area contributed by atoms with Crippen molar-refractivity contribution in [2.45, 2.75) is 19.4 Å². The molecule has 0 aliphatic carbocycles. The molecule has 4 nitrogen and oxygen atoms in total. The van der Waals surface area contributed by atoms with E-state index in [1.807, 2.05) is 11.8 Å². The maximum absolute atomic E-state index is 11.9. The van der Waals surface area contributed by atoms with Crippen molar-refractivity contribution in [1.29, 1.82) is 0 Å². The van der Waals surface area contributed by atoms with E-state index >= 15 is 0 Å². The molecule has 1 aromatic heterocycles. The molecular formula is C9H13N3OS. The van der Waals surface area contributed by atoms with E-state index < -0.39 is 0 Å². The Kier molecular flexibility index (Phi) is 2.52. The Hall–Kier alpha value is -0.940. The lowest BCUT2D eigenvalue weighted by atomic mass is 10.3. The fourth-order valence-electron chi connectivity index (χ4n) is 1.62. The van der Waals surface area contributed by atoms with Gasteiger partial charge in [-0.05, 0) is 13.3 Å². The molecule has 0 radical (unpaired) electrons. The topological polar surface area (TPSA) is 59.2 Å². The molecule has 5 heteroatoms. The van der Waals surface area contributed by atoms with Gasteiger partial charge in [-0.25, -0.2) is 4.98 Å². The summed E-state index contributed by atoms with van der Waals surface area (Å²) in [5.74, 6) is 0.0814. The van der Waals surface area contributed by atoms with Gasteiger partial charge in [0.2, 0.25) is 0 Å². The van der Waals surface area contributed by atoms with Gasteiger partial charge < -0.3 is 10.6 Å². The minimum absolute atomic E-state index is 0.0814. The van der Waals surface area contributed by atoms with Gasteiger partial charge in [0.15, 0.2) is 0 Å². The molecule has 0 bridgehead atoms. The maximum Gasteiger partial charge on any atom is 0.265 e. The van der Waals surface area contributed by atoms with Crippen LogP contribution in [0.3, 0.4) is 0 Å². The molecule has 1 saturated heterocycles. The molecule has 14 heavy (non-hydrogen) atoms. The van der Waals surface area contributed by atoms with Crippen LogP contribution in [0.4, 0.5) is 0 Å². The summed E-state index contributed by atoms with van der Waals surface area (Å²) >= 11 is 1.40. The predicted molar refractivity (Wildman–Crippen MR) is 55.3 cm³/mol. The van der Waals surface area contributed by atoms with Gasteiger partial charge in [0.25, 0.3) is 5.91 Å². The van der Waals surface area contributed by atoms with Crippen LogP contribution in [0.15, 0.2) is 5.51 Å². The van der Waals surface area contributed by atoms with Gasteiger partial charge >= 0.3 is 0 Å². The fourth-order valence-corrected chi connectivity index (χ4v) is 2.39. The van der Waals surface area contributed by atoms with Crippen molar-refractivity contribution in [2.24, 2.45) is 5.73 Å². The van der Waals surface area contributed by atoms with E-state index in [9.17, 15) is 4.79 Å². The van der Waals surface area contributed by atoms with Crippen LogP contribution in [-0.2, 0) is 0 Å². The molecule has 76 valence electrons. The quantitative estimate of drug-likeness (QED) is 0.741. The number of rotatable bonds is 1. The number of thiazole rings is 1. The Balaban J connectivity index is 2.13. The highest BCUT2D eigenvalue weighted by atomic mass is 32.1. The molecule has 0 aromatic carbocycles. The van der Waals surface area contributed by atoms with Gasteiger partial charge in [0.1, 0.15) is 4.88 Å². The molecule has 0 saturated carbocycles. The molecule has 1 aromatic rings. The van der Waals surface area contributed by atoms with Crippen LogP contribution in [0.5, 0.6) is 0 Å². The van der Waals surface area contributed by atoms with Crippen molar-refractivity contribution in [3.63, 3.8) is 0 Å². The number of aromatic nitrogens is 1. The number of carbonyl (C=O) groups is 1. The molecular weight excluding hydrogens is 198 g/mol. The molecule has 1 aliphatic rings. The zero-order chi connectivity index (χ0) is 10.1. The third kappa shape index (κ3) is 1.65. The van der Waals surface area contributed by atoms with Gasteiger partial charge in [-0.2, -0.15) is 0 Å². The summed E-state index contributed by atoms with van der Waals surface area (Å²) in [5.41, 5.74) is 8.28. The minimum Gasteiger partial charge on any atom is -0.336 e. The SMILES string of the molecule is Cc1ncsc1C(=O)N1CCC(N)C1. The fraction of sp³-hybridized carbons (Fsp3) is 0.556. The Labute approximate surface area is 86.7 Å². The van der Waals surface area contributed by atoms with Gasteiger partial charge in [-0.1, -0.05) is 0 Å². The number of nitrogens with zero attached hydrogens (tertiary/aromatic N) is 2. The summed E-state index contributed by atoms with van der Waals surface area (Å²) in [4.78, 5) is 18.5. The number of likely N-dealkylation sites (tertiary alicyclic amines) is 1. The van der Waals surface area contributed by atoms with E-state index in [-0.39, 0.29) is 11.9 Å². The first-order valence-electron chi connectivity index (χ1n) is 4.63. The molecule has 1 unspecified atom stereocenters. The number of aryl methyl sites for hydroxylation is 1. The van der Waals surface area contributed by atoms with E-state index in [4.69, 9.17) is 5.73 Å². The summed E-state index contributed by atoms with van der Waals surface area (Å²) in [6, 6.07) is 0.146. The second-order valence-corrected chi connectivity index (χ2v) is 4.42. The summed E-state index contributed by atoms with van der Waals surface area (Å²) < 4.78 is 0. The predicted octanol–water partition coefficient (Wildman–Crippen LogP) is 0.625. The second-order valence-electron chi connectivity index (χ2n) is 3.57. The number of hydrogen-bond donors (Lipinski definition) is 1. The molecule has 1 amide bonds. The second kappa shape index (κ2) is 3.67. The number of nitrogens with two attached hydrogens (primary N) is 1. The van der Waals surface area contributed by atoms with Gasteiger partial charge in [0, 0.05) is 19.1 Å². The molecule has 2 rings (SSSR count). The van der Waals surface area contributed by atoms with Gasteiger partial charge in [-0.15, -0.1) is 11.3 Å². The first-order chi connectivity index (χ1) is 6.68. The van der Waals surface area contributed by atoms with E-state index in [1.54, 1.807) is 5.51 Å². The zero-order valence-electron chi connectivity index (χ0n) is 8.06. The van der Waals surface area contributed by atoms with Crippen molar-refractivity contribution in [2.75, 3.05) is 13.1 Å². The smallest absolute Gasteiger partial charge is 0.265 e. The van der Waals surface area contributed by atoms with E-state index in [2.05, 4.69) is 4.98 Å².